The third-order valence-electron chi connectivity index (χ3n) is 2.30. The number of carbonyl (C=O) groups is 1. The number of aromatic nitrogens is 2. The van der Waals surface area contributed by atoms with Crippen LogP contribution in [0.5, 0.6) is 0 Å². The Balaban J connectivity index is 2.76. The van der Waals surface area contributed by atoms with Gasteiger partial charge in [-0.1, -0.05) is 0 Å². The van der Waals surface area contributed by atoms with Crippen LogP contribution in [-0.4, -0.2) is 20.9 Å². The first-order chi connectivity index (χ1) is 8.00. The van der Waals surface area contributed by atoms with E-state index in [0.29, 0.717) is 11.8 Å². The van der Waals surface area contributed by atoms with Gasteiger partial charge in [0.05, 0.1) is 5.56 Å². The minimum Gasteiger partial charge on any atom is -0.478 e. The van der Waals surface area contributed by atoms with E-state index in [1.54, 1.807) is 13.0 Å². The van der Waals surface area contributed by atoms with Gasteiger partial charge in [-0.25, -0.2) is 18.3 Å². The Morgan fingerprint density at radius 1 is 1.41 bits per heavy atom. The van der Waals surface area contributed by atoms with Crippen molar-refractivity contribution in [3.8, 4) is 5.69 Å². The zero-order chi connectivity index (χ0) is 12.6. The summed E-state index contributed by atoms with van der Waals surface area (Å²) >= 11 is 0. The topological polar surface area (TPSA) is 55.1 Å². The van der Waals surface area contributed by atoms with Gasteiger partial charge < -0.3 is 5.11 Å². The molecule has 0 atom stereocenters. The Hall–Kier alpha value is -2.24. The summed E-state index contributed by atoms with van der Waals surface area (Å²) < 4.78 is 27.8. The van der Waals surface area contributed by atoms with Gasteiger partial charge in [0, 0.05) is 18.0 Å². The molecule has 88 valence electrons. The van der Waals surface area contributed by atoms with Crippen LogP contribution in [0.4, 0.5) is 8.78 Å². The van der Waals surface area contributed by atoms with Crippen LogP contribution in [0.2, 0.25) is 0 Å². The molecule has 0 fully saturated rings. The van der Waals surface area contributed by atoms with E-state index in [0.717, 1.165) is 10.7 Å². The van der Waals surface area contributed by atoms with Crippen LogP contribution in [0, 0.1) is 18.6 Å². The molecule has 0 aliphatic heterocycles. The summed E-state index contributed by atoms with van der Waals surface area (Å²) in [4.78, 5) is 11.0. The average Bonchev–Trinajstić information content (AvgIpc) is 2.63. The number of hydrogen-bond acceptors (Lipinski definition) is 2. The first-order valence-electron chi connectivity index (χ1n) is 4.74. The second-order valence-corrected chi connectivity index (χ2v) is 3.47. The fourth-order valence-electron chi connectivity index (χ4n) is 1.55. The van der Waals surface area contributed by atoms with E-state index in [2.05, 4.69) is 5.10 Å². The molecule has 1 N–H and O–H groups in total. The number of nitrogens with zero attached hydrogens (tertiary/aromatic N) is 2. The van der Waals surface area contributed by atoms with Crippen molar-refractivity contribution in [2.75, 3.05) is 0 Å². The van der Waals surface area contributed by atoms with Crippen molar-refractivity contribution in [3.05, 3.63) is 47.3 Å². The second kappa shape index (κ2) is 3.97. The molecule has 0 unspecified atom stereocenters. The number of halogens is 2. The summed E-state index contributed by atoms with van der Waals surface area (Å²) in [7, 11) is 0. The van der Waals surface area contributed by atoms with Gasteiger partial charge in [-0.05, 0) is 19.1 Å². The van der Waals surface area contributed by atoms with Crippen LogP contribution in [0.25, 0.3) is 5.69 Å². The van der Waals surface area contributed by atoms with Crippen LogP contribution in [0.1, 0.15) is 16.1 Å². The molecule has 2 rings (SSSR count). The highest BCUT2D eigenvalue weighted by Crippen LogP contribution is 2.21. The molecular weight excluding hydrogens is 230 g/mol. The molecule has 0 spiro atoms. The Kier molecular flexibility index (Phi) is 2.63. The number of carboxylic acids is 1. The van der Waals surface area contributed by atoms with Crippen LogP contribution in [0.15, 0.2) is 24.4 Å². The molecule has 0 aliphatic carbocycles. The normalized spacial score (nSPS) is 10.5. The first-order valence-corrected chi connectivity index (χ1v) is 4.74. The van der Waals surface area contributed by atoms with Crippen LogP contribution in [-0.2, 0) is 0 Å². The summed E-state index contributed by atoms with van der Waals surface area (Å²) in [6, 6.07) is 2.99. The average molecular weight is 238 g/mol. The highest BCUT2D eigenvalue weighted by atomic mass is 19.1. The predicted molar refractivity (Wildman–Crippen MR) is 55.2 cm³/mol. The van der Waals surface area contributed by atoms with Gasteiger partial charge in [0.15, 0.2) is 5.82 Å². The molecule has 0 saturated carbocycles. The number of aryl methyl sites for hydroxylation is 1. The fourth-order valence-corrected chi connectivity index (χ4v) is 1.55. The van der Waals surface area contributed by atoms with Gasteiger partial charge in [-0.3, -0.25) is 0 Å². The number of benzene rings is 1. The minimum atomic E-state index is -1.41. The third-order valence-corrected chi connectivity index (χ3v) is 2.30. The molecule has 1 aromatic heterocycles. The maximum Gasteiger partial charge on any atom is 0.338 e. The van der Waals surface area contributed by atoms with E-state index < -0.39 is 23.2 Å². The van der Waals surface area contributed by atoms with E-state index >= 15 is 0 Å². The van der Waals surface area contributed by atoms with Crippen LogP contribution >= 0.6 is 0 Å². The van der Waals surface area contributed by atoms with Crippen LogP contribution in [0.3, 0.4) is 0 Å². The molecule has 0 amide bonds. The lowest BCUT2D eigenvalue weighted by atomic mass is 10.1. The molecule has 0 bridgehead atoms. The van der Waals surface area contributed by atoms with E-state index in [9.17, 15) is 13.6 Å². The summed E-state index contributed by atoms with van der Waals surface area (Å²) in [5.41, 5.74) is -0.172. The van der Waals surface area contributed by atoms with E-state index in [1.807, 2.05) is 0 Å². The smallest absolute Gasteiger partial charge is 0.338 e. The van der Waals surface area contributed by atoms with Crippen molar-refractivity contribution < 1.29 is 18.7 Å². The number of hydrogen-bond donors (Lipinski definition) is 1. The third kappa shape index (κ3) is 1.89. The molecule has 1 aromatic carbocycles. The molecule has 17 heavy (non-hydrogen) atoms. The van der Waals surface area contributed by atoms with Crippen molar-refractivity contribution in [2.24, 2.45) is 0 Å². The van der Waals surface area contributed by atoms with Gasteiger partial charge in [0.2, 0.25) is 0 Å². The molecule has 1 heterocycles. The molecular formula is C11H8F2N2O2. The number of carboxylic acid groups (broad SMARTS) is 1. The van der Waals surface area contributed by atoms with Crippen molar-refractivity contribution in [3.63, 3.8) is 0 Å². The van der Waals surface area contributed by atoms with Gasteiger partial charge in [-0.15, -0.1) is 0 Å². The Labute approximate surface area is 95.1 Å². The van der Waals surface area contributed by atoms with E-state index in [1.165, 1.54) is 6.20 Å². The van der Waals surface area contributed by atoms with Gasteiger partial charge in [0.1, 0.15) is 11.5 Å². The molecule has 2 aromatic rings. The standard InChI is InChI=1S/C11H8F2N2O2/c1-6-2-3-14-15(6)10-8(11(16)17)4-7(12)5-9(10)13/h2-5H,1H3,(H,16,17). The lowest BCUT2D eigenvalue weighted by Gasteiger charge is -2.09. The van der Waals surface area contributed by atoms with Gasteiger partial charge >= 0.3 is 5.97 Å². The Bertz CT molecular complexity index is 593. The molecule has 6 heteroatoms. The summed E-state index contributed by atoms with van der Waals surface area (Å²) in [6.07, 6.45) is 1.41. The van der Waals surface area contributed by atoms with Crippen molar-refractivity contribution in [1.82, 2.24) is 9.78 Å². The Morgan fingerprint density at radius 2 is 2.12 bits per heavy atom. The molecule has 0 saturated heterocycles. The summed E-state index contributed by atoms with van der Waals surface area (Å²) in [6.45, 7) is 1.64. The van der Waals surface area contributed by atoms with Crippen molar-refractivity contribution in [2.45, 2.75) is 6.92 Å². The van der Waals surface area contributed by atoms with Crippen molar-refractivity contribution in [1.29, 1.82) is 0 Å². The monoisotopic (exact) mass is 238 g/mol. The predicted octanol–water partition coefficient (Wildman–Crippen LogP) is 2.16. The fraction of sp³-hybridized carbons (Fsp3) is 0.0909. The number of aromatic carboxylic acids is 1. The highest BCUT2D eigenvalue weighted by molar-refractivity contribution is 5.92. The maximum atomic E-state index is 13.7. The maximum absolute atomic E-state index is 13.7. The Morgan fingerprint density at radius 3 is 2.65 bits per heavy atom. The minimum absolute atomic E-state index is 0.263. The zero-order valence-electron chi connectivity index (χ0n) is 8.82. The van der Waals surface area contributed by atoms with Gasteiger partial charge in [0.25, 0.3) is 0 Å². The molecule has 0 radical (unpaired) electrons. The SMILES string of the molecule is Cc1ccnn1-c1c(F)cc(F)cc1C(=O)O. The van der Waals surface area contributed by atoms with E-state index in [-0.39, 0.29) is 5.69 Å². The van der Waals surface area contributed by atoms with Gasteiger partial charge in [-0.2, -0.15) is 5.10 Å². The summed E-state index contributed by atoms with van der Waals surface area (Å²) in [5.74, 6) is -3.31. The largest absolute Gasteiger partial charge is 0.478 e. The van der Waals surface area contributed by atoms with Crippen molar-refractivity contribution >= 4 is 5.97 Å². The molecule has 4 nitrogen and oxygen atoms in total. The zero-order valence-corrected chi connectivity index (χ0v) is 8.82. The molecule has 0 aliphatic rings. The first kappa shape index (κ1) is 11.3. The van der Waals surface area contributed by atoms with E-state index in [4.69, 9.17) is 5.11 Å². The quantitative estimate of drug-likeness (QED) is 0.872. The van der Waals surface area contributed by atoms with Crippen LogP contribution < -0.4 is 0 Å². The second-order valence-electron chi connectivity index (χ2n) is 3.47. The summed E-state index contributed by atoms with van der Waals surface area (Å²) in [5, 5.41) is 12.7. The highest BCUT2D eigenvalue weighted by Gasteiger charge is 2.19. The number of rotatable bonds is 2. The lowest BCUT2D eigenvalue weighted by Crippen LogP contribution is -2.11. The lowest BCUT2D eigenvalue weighted by molar-refractivity contribution is 0.0695.